The predicted octanol–water partition coefficient (Wildman–Crippen LogP) is 15.1. The first-order chi connectivity index (χ1) is 28.8. The van der Waals surface area contributed by atoms with Crippen molar-refractivity contribution >= 4 is 11.9 Å². The van der Waals surface area contributed by atoms with Gasteiger partial charge in [-0.1, -0.05) is 183 Å². The lowest BCUT2D eigenvalue weighted by molar-refractivity contribution is -0.180. The zero-order valence-corrected chi connectivity index (χ0v) is 40.4. The third kappa shape index (κ3) is 31.3. The molecule has 7 nitrogen and oxygen atoms in total. The standard InChI is InChI=1S/C52H101NO6/c1-7-13-27-35-47(36-28-14-8-2)43-50(54)56-41-33-25-21-17-19-23-31-39-52(58-46-49(59-52)45-53(11-5)12-6)40-32-24-20-18-22-26-34-42-57-51(55)44-48(37-29-15-9-3)38-30-16-10-4/h47-49H,7-46H2,1-6H3. The summed E-state index contributed by atoms with van der Waals surface area (Å²) in [5, 5.41) is 0. The summed E-state index contributed by atoms with van der Waals surface area (Å²) in [5.74, 6) is 0.633. The molecule has 0 aromatic carbocycles. The zero-order chi connectivity index (χ0) is 43.1. The number of likely N-dealkylation sites (N-methyl/N-ethyl adjacent to an activating group) is 1. The summed E-state index contributed by atoms with van der Waals surface area (Å²) in [6, 6.07) is 0. The molecule has 1 rings (SSSR count). The molecule has 1 heterocycles. The number of rotatable bonds is 44. The van der Waals surface area contributed by atoms with Crippen molar-refractivity contribution in [2.24, 2.45) is 11.8 Å². The van der Waals surface area contributed by atoms with Crippen molar-refractivity contribution in [2.45, 2.75) is 272 Å². The molecule has 0 aromatic rings. The minimum atomic E-state index is -0.415. The van der Waals surface area contributed by atoms with E-state index in [0.29, 0.717) is 44.5 Å². The highest BCUT2D eigenvalue weighted by atomic mass is 16.7. The van der Waals surface area contributed by atoms with Crippen LogP contribution in [0.25, 0.3) is 0 Å². The van der Waals surface area contributed by atoms with Gasteiger partial charge in [0, 0.05) is 32.2 Å². The Morgan fingerprint density at radius 1 is 0.508 bits per heavy atom. The second kappa shape index (κ2) is 39.7. The van der Waals surface area contributed by atoms with Crippen LogP contribution in [0.1, 0.15) is 260 Å². The summed E-state index contributed by atoms with van der Waals surface area (Å²) >= 11 is 0. The van der Waals surface area contributed by atoms with Gasteiger partial charge in [-0.25, -0.2) is 0 Å². The van der Waals surface area contributed by atoms with Gasteiger partial charge < -0.3 is 23.8 Å². The lowest BCUT2D eigenvalue weighted by Gasteiger charge is -2.29. The molecule has 0 bridgehead atoms. The van der Waals surface area contributed by atoms with Gasteiger partial charge in [-0.15, -0.1) is 0 Å². The molecule has 7 heteroatoms. The zero-order valence-electron chi connectivity index (χ0n) is 40.4. The molecule has 0 aromatic heterocycles. The van der Waals surface area contributed by atoms with E-state index in [9.17, 15) is 9.59 Å². The minimum Gasteiger partial charge on any atom is -0.466 e. The lowest BCUT2D eigenvalue weighted by Crippen LogP contribution is -2.36. The fourth-order valence-electron chi connectivity index (χ4n) is 9.01. The summed E-state index contributed by atoms with van der Waals surface area (Å²) in [4.78, 5) is 27.6. The molecule has 0 radical (unpaired) electrons. The number of unbranched alkanes of at least 4 members (excludes halogenated alkanes) is 20. The van der Waals surface area contributed by atoms with E-state index in [-0.39, 0.29) is 18.0 Å². The predicted molar refractivity (Wildman–Crippen MR) is 250 cm³/mol. The van der Waals surface area contributed by atoms with Crippen LogP contribution in [0.4, 0.5) is 0 Å². The molecular formula is C52H101NO6. The highest BCUT2D eigenvalue weighted by Crippen LogP contribution is 2.35. The van der Waals surface area contributed by atoms with Crippen LogP contribution >= 0.6 is 0 Å². The number of nitrogens with zero attached hydrogens (tertiary/aromatic N) is 1. The Bertz CT molecular complexity index is 862. The molecule has 0 saturated carbocycles. The molecule has 1 unspecified atom stereocenters. The number of carbonyl (C=O) groups excluding carboxylic acids is 2. The Morgan fingerprint density at radius 3 is 1.22 bits per heavy atom. The Balaban J connectivity index is 2.29. The molecule has 1 aliphatic heterocycles. The SMILES string of the molecule is CCCCCC(CCCCC)CC(=O)OCCCCCCCCCC1(CCCCCCCCCOC(=O)CC(CCCCC)CCCCC)OCC(CN(CC)CC)O1. The minimum absolute atomic E-state index is 0.0215. The number of esters is 2. The van der Waals surface area contributed by atoms with Crippen molar-refractivity contribution in [1.82, 2.24) is 4.90 Å². The Labute approximate surface area is 367 Å². The van der Waals surface area contributed by atoms with E-state index in [4.69, 9.17) is 18.9 Å². The van der Waals surface area contributed by atoms with Crippen molar-refractivity contribution in [3.8, 4) is 0 Å². The van der Waals surface area contributed by atoms with Gasteiger partial charge in [0.1, 0.15) is 0 Å². The van der Waals surface area contributed by atoms with E-state index < -0.39 is 5.79 Å². The number of hydrogen-bond acceptors (Lipinski definition) is 7. The largest absolute Gasteiger partial charge is 0.466 e. The molecule has 0 amide bonds. The number of carbonyl (C=O) groups is 2. The summed E-state index contributed by atoms with van der Waals surface area (Å²) in [5.41, 5.74) is 0. The fraction of sp³-hybridized carbons (Fsp3) is 0.962. The van der Waals surface area contributed by atoms with Gasteiger partial charge in [-0.2, -0.15) is 0 Å². The van der Waals surface area contributed by atoms with Crippen LogP contribution in [0, 0.1) is 11.8 Å². The summed E-state index contributed by atoms with van der Waals surface area (Å²) in [6.07, 6.45) is 39.4. The van der Waals surface area contributed by atoms with E-state index in [1.165, 1.54) is 154 Å². The van der Waals surface area contributed by atoms with Crippen LogP contribution in [0.3, 0.4) is 0 Å². The van der Waals surface area contributed by atoms with Gasteiger partial charge in [0.05, 0.1) is 25.9 Å². The maximum absolute atomic E-state index is 12.6. The highest BCUT2D eigenvalue weighted by molar-refractivity contribution is 5.70. The summed E-state index contributed by atoms with van der Waals surface area (Å²) in [7, 11) is 0. The molecule has 0 aliphatic carbocycles. The van der Waals surface area contributed by atoms with Crippen molar-refractivity contribution < 1.29 is 28.5 Å². The van der Waals surface area contributed by atoms with Crippen molar-refractivity contribution in [3.05, 3.63) is 0 Å². The van der Waals surface area contributed by atoms with Crippen LogP contribution in [-0.2, 0) is 28.5 Å². The Hall–Kier alpha value is -1.18. The maximum Gasteiger partial charge on any atom is 0.306 e. The first-order valence-corrected chi connectivity index (χ1v) is 26.2. The highest BCUT2D eigenvalue weighted by Gasteiger charge is 2.40. The average Bonchev–Trinajstić information content (AvgIpc) is 3.63. The normalized spacial score (nSPS) is 15.2. The molecule has 350 valence electrons. The van der Waals surface area contributed by atoms with Gasteiger partial charge in [0.2, 0.25) is 0 Å². The second-order valence-electron chi connectivity index (χ2n) is 18.5. The smallest absolute Gasteiger partial charge is 0.306 e. The summed E-state index contributed by atoms with van der Waals surface area (Å²) in [6.45, 7) is 18.4. The molecule has 1 atom stereocenters. The van der Waals surface area contributed by atoms with Crippen LogP contribution in [0.2, 0.25) is 0 Å². The molecule has 1 aliphatic rings. The van der Waals surface area contributed by atoms with Crippen LogP contribution in [0.5, 0.6) is 0 Å². The second-order valence-corrected chi connectivity index (χ2v) is 18.5. The molecule has 0 spiro atoms. The quantitative estimate of drug-likeness (QED) is 0.0447. The first-order valence-electron chi connectivity index (χ1n) is 26.2. The molecule has 59 heavy (non-hydrogen) atoms. The Morgan fingerprint density at radius 2 is 0.864 bits per heavy atom. The maximum atomic E-state index is 12.6. The van der Waals surface area contributed by atoms with Crippen molar-refractivity contribution in [3.63, 3.8) is 0 Å². The van der Waals surface area contributed by atoms with Gasteiger partial charge in [0.25, 0.3) is 0 Å². The van der Waals surface area contributed by atoms with Gasteiger partial charge in [-0.05, 0) is 76.3 Å². The molecule has 1 fully saturated rings. The molecule has 1 saturated heterocycles. The van der Waals surface area contributed by atoms with Gasteiger partial charge in [-0.3, -0.25) is 9.59 Å². The van der Waals surface area contributed by atoms with E-state index in [1.54, 1.807) is 0 Å². The monoisotopic (exact) mass is 836 g/mol. The lowest BCUT2D eigenvalue weighted by atomic mass is 9.92. The topological polar surface area (TPSA) is 74.3 Å². The van der Waals surface area contributed by atoms with Gasteiger partial charge in [0.15, 0.2) is 5.79 Å². The van der Waals surface area contributed by atoms with Crippen LogP contribution in [0.15, 0.2) is 0 Å². The fourth-order valence-corrected chi connectivity index (χ4v) is 9.01. The van der Waals surface area contributed by atoms with E-state index in [0.717, 1.165) is 71.0 Å². The van der Waals surface area contributed by atoms with Crippen molar-refractivity contribution in [1.29, 1.82) is 0 Å². The first kappa shape index (κ1) is 55.8. The third-order valence-corrected chi connectivity index (χ3v) is 13.0. The molecule has 0 N–H and O–H groups in total. The average molecular weight is 836 g/mol. The van der Waals surface area contributed by atoms with E-state index in [1.807, 2.05) is 0 Å². The van der Waals surface area contributed by atoms with Crippen LogP contribution in [-0.4, -0.2) is 68.2 Å². The van der Waals surface area contributed by atoms with Crippen LogP contribution < -0.4 is 0 Å². The van der Waals surface area contributed by atoms with Crippen molar-refractivity contribution in [2.75, 3.05) is 39.5 Å². The number of hydrogen-bond donors (Lipinski definition) is 0. The van der Waals surface area contributed by atoms with E-state index in [2.05, 4.69) is 46.4 Å². The number of ether oxygens (including phenoxy) is 4. The molecular weight excluding hydrogens is 735 g/mol. The summed E-state index contributed by atoms with van der Waals surface area (Å²) < 4.78 is 24.6. The van der Waals surface area contributed by atoms with Gasteiger partial charge >= 0.3 is 11.9 Å². The van der Waals surface area contributed by atoms with E-state index >= 15 is 0 Å². The Kier molecular flexibility index (Phi) is 37.5. The third-order valence-electron chi connectivity index (χ3n) is 13.0.